The predicted molar refractivity (Wildman–Crippen MR) is 97.3 cm³/mol. The topological polar surface area (TPSA) is 71.3 Å². The zero-order valence-electron chi connectivity index (χ0n) is 15.5. The molecule has 0 unspecified atom stereocenters. The number of pyridine rings is 1. The molecule has 3 aromatic rings. The minimum absolute atomic E-state index is 0.0685. The van der Waals surface area contributed by atoms with Gasteiger partial charge in [0.2, 0.25) is 5.88 Å². The highest BCUT2D eigenvalue weighted by Gasteiger charge is 2.13. The fraction of sp³-hybridized carbons (Fsp3) is 0.316. The summed E-state index contributed by atoms with van der Waals surface area (Å²) in [6.45, 7) is 0.149. The second-order valence-electron chi connectivity index (χ2n) is 5.80. The van der Waals surface area contributed by atoms with Gasteiger partial charge in [-0.25, -0.2) is 14.6 Å². The third kappa shape index (κ3) is 4.80. The molecule has 0 atom stereocenters. The van der Waals surface area contributed by atoms with Crippen molar-refractivity contribution in [1.82, 2.24) is 19.7 Å². The van der Waals surface area contributed by atoms with E-state index in [9.17, 15) is 8.78 Å². The predicted octanol–water partition coefficient (Wildman–Crippen LogP) is 3.53. The second-order valence-corrected chi connectivity index (χ2v) is 5.80. The van der Waals surface area contributed by atoms with E-state index in [-0.39, 0.29) is 5.75 Å². The van der Waals surface area contributed by atoms with Crippen LogP contribution in [-0.2, 0) is 17.9 Å². The Morgan fingerprint density at radius 1 is 1.18 bits per heavy atom. The summed E-state index contributed by atoms with van der Waals surface area (Å²) in [6, 6.07) is 8.32. The molecule has 0 saturated heterocycles. The first-order valence-electron chi connectivity index (χ1n) is 8.63. The maximum Gasteiger partial charge on any atom is 0.387 e. The highest BCUT2D eigenvalue weighted by Crippen LogP contribution is 2.32. The Bertz CT molecular complexity index is 918. The van der Waals surface area contributed by atoms with Crippen molar-refractivity contribution in [3.8, 4) is 22.8 Å². The van der Waals surface area contributed by atoms with Gasteiger partial charge in [-0.05, 0) is 36.2 Å². The molecule has 28 heavy (non-hydrogen) atoms. The number of methoxy groups -OCH3 is 1. The lowest BCUT2D eigenvalue weighted by Gasteiger charge is -2.13. The molecule has 0 amide bonds. The first kappa shape index (κ1) is 19.7. The first-order chi connectivity index (χ1) is 13.6. The number of ether oxygens (including phenoxy) is 3. The minimum atomic E-state index is -2.89. The Labute approximate surface area is 160 Å². The highest BCUT2D eigenvalue weighted by atomic mass is 19.3. The average molecular weight is 390 g/mol. The van der Waals surface area contributed by atoms with E-state index in [4.69, 9.17) is 9.47 Å². The molecule has 9 heteroatoms. The van der Waals surface area contributed by atoms with Gasteiger partial charge < -0.3 is 14.2 Å². The largest absolute Gasteiger partial charge is 0.478 e. The molecule has 7 nitrogen and oxygen atoms in total. The molecular formula is C19H20F2N4O3. The number of nitrogens with zero attached hydrogens (tertiary/aromatic N) is 4. The molecule has 0 aliphatic carbocycles. The van der Waals surface area contributed by atoms with Crippen LogP contribution in [0.1, 0.15) is 18.3 Å². The number of aromatic nitrogens is 4. The van der Waals surface area contributed by atoms with E-state index in [0.717, 1.165) is 5.56 Å². The molecular weight excluding hydrogens is 370 g/mol. The highest BCUT2D eigenvalue weighted by molar-refractivity contribution is 5.70. The van der Waals surface area contributed by atoms with Crippen LogP contribution in [0.3, 0.4) is 0 Å². The van der Waals surface area contributed by atoms with Gasteiger partial charge in [0.05, 0.1) is 13.2 Å². The number of hydrogen-bond acceptors (Lipinski definition) is 6. The zero-order chi connectivity index (χ0) is 19.9. The lowest BCUT2D eigenvalue weighted by Crippen LogP contribution is -2.09. The normalized spacial score (nSPS) is 11.0. The molecule has 0 spiro atoms. The van der Waals surface area contributed by atoms with E-state index < -0.39 is 6.61 Å². The van der Waals surface area contributed by atoms with Crippen LogP contribution in [0.4, 0.5) is 8.78 Å². The lowest BCUT2D eigenvalue weighted by atomic mass is 10.0. The summed E-state index contributed by atoms with van der Waals surface area (Å²) in [6.07, 6.45) is 3.15. The van der Waals surface area contributed by atoms with E-state index >= 15 is 0 Å². The number of rotatable bonds is 9. The van der Waals surface area contributed by atoms with E-state index in [1.807, 2.05) is 13.0 Å². The Kier molecular flexibility index (Phi) is 6.49. The molecule has 2 heterocycles. The van der Waals surface area contributed by atoms with Crippen LogP contribution in [0.2, 0.25) is 0 Å². The number of hydrogen-bond donors (Lipinski definition) is 0. The molecule has 0 radical (unpaired) electrons. The van der Waals surface area contributed by atoms with Gasteiger partial charge in [0, 0.05) is 18.9 Å². The van der Waals surface area contributed by atoms with Gasteiger partial charge in [-0.1, -0.05) is 12.1 Å². The summed E-state index contributed by atoms with van der Waals surface area (Å²) < 4.78 is 42.0. The van der Waals surface area contributed by atoms with Crippen molar-refractivity contribution in [1.29, 1.82) is 0 Å². The van der Waals surface area contributed by atoms with E-state index in [1.54, 1.807) is 30.1 Å². The summed E-state index contributed by atoms with van der Waals surface area (Å²) in [7, 11) is 1.59. The van der Waals surface area contributed by atoms with Crippen molar-refractivity contribution < 1.29 is 23.0 Å². The quantitative estimate of drug-likeness (QED) is 0.557. The number of alkyl halides is 2. The summed E-state index contributed by atoms with van der Waals surface area (Å²) in [5.41, 5.74) is 2.18. The second kappa shape index (κ2) is 9.23. The molecule has 0 saturated carbocycles. The van der Waals surface area contributed by atoms with Gasteiger partial charge in [-0.3, -0.25) is 0 Å². The van der Waals surface area contributed by atoms with Gasteiger partial charge in [-0.15, -0.1) is 0 Å². The van der Waals surface area contributed by atoms with Crippen molar-refractivity contribution in [3.05, 3.63) is 54.2 Å². The molecule has 0 N–H and O–H groups in total. The van der Waals surface area contributed by atoms with E-state index in [2.05, 4.69) is 19.8 Å². The van der Waals surface area contributed by atoms with Crippen LogP contribution < -0.4 is 9.47 Å². The van der Waals surface area contributed by atoms with Crippen molar-refractivity contribution in [2.75, 3.05) is 13.7 Å². The van der Waals surface area contributed by atoms with Crippen LogP contribution in [-0.4, -0.2) is 40.1 Å². The fourth-order valence-corrected chi connectivity index (χ4v) is 2.71. The summed E-state index contributed by atoms with van der Waals surface area (Å²) in [4.78, 5) is 8.55. The van der Waals surface area contributed by atoms with Gasteiger partial charge in [0.15, 0.2) is 5.82 Å². The molecule has 0 aliphatic rings. The van der Waals surface area contributed by atoms with Gasteiger partial charge in [0.1, 0.15) is 18.7 Å². The third-order valence-corrected chi connectivity index (χ3v) is 3.86. The van der Waals surface area contributed by atoms with Crippen molar-refractivity contribution in [2.45, 2.75) is 26.7 Å². The molecule has 0 bridgehead atoms. The SMILES string of the molecule is CCOc1ncc(Cn2ncnc2COC)cc1-c1cccc(OC(F)F)c1. The zero-order valence-corrected chi connectivity index (χ0v) is 15.5. The standard InChI is InChI=1S/C19H20F2N4O3/c1-3-27-18-16(14-5-4-6-15(8-14)28-19(20)21)7-13(9-22-18)10-25-17(11-26-2)23-12-24-25/h4-9,12,19H,3,10-11H2,1-2H3. The molecule has 3 rings (SSSR count). The Morgan fingerprint density at radius 2 is 2.04 bits per heavy atom. The van der Waals surface area contributed by atoms with Crippen LogP contribution >= 0.6 is 0 Å². The lowest BCUT2D eigenvalue weighted by molar-refractivity contribution is -0.0498. The van der Waals surface area contributed by atoms with Crippen LogP contribution in [0.5, 0.6) is 11.6 Å². The van der Waals surface area contributed by atoms with Crippen LogP contribution in [0.25, 0.3) is 11.1 Å². The van der Waals surface area contributed by atoms with Crippen LogP contribution in [0, 0.1) is 0 Å². The van der Waals surface area contributed by atoms with Gasteiger partial charge in [-0.2, -0.15) is 13.9 Å². The third-order valence-electron chi connectivity index (χ3n) is 3.86. The fourth-order valence-electron chi connectivity index (χ4n) is 2.71. The maximum atomic E-state index is 12.5. The van der Waals surface area contributed by atoms with Crippen molar-refractivity contribution >= 4 is 0 Å². The average Bonchev–Trinajstić information content (AvgIpc) is 3.10. The Morgan fingerprint density at radius 3 is 2.79 bits per heavy atom. The molecule has 0 aliphatic heterocycles. The summed E-state index contributed by atoms with van der Waals surface area (Å²) >= 11 is 0. The van der Waals surface area contributed by atoms with Crippen molar-refractivity contribution in [3.63, 3.8) is 0 Å². The van der Waals surface area contributed by atoms with Crippen LogP contribution in [0.15, 0.2) is 42.9 Å². The molecule has 1 aromatic carbocycles. The Hall–Kier alpha value is -3.07. The maximum absolute atomic E-state index is 12.5. The van der Waals surface area contributed by atoms with Gasteiger partial charge >= 0.3 is 6.61 Å². The molecule has 2 aromatic heterocycles. The molecule has 0 fully saturated rings. The number of benzene rings is 1. The monoisotopic (exact) mass is 390 g/mol. The summed E-state index contributed by atoms with van der Waals surface area (Å²) in [5.74, 6) is 1.17. The Balaban J connectivity index is 1.95. The summed E-state index contributed by atoms with van der Waals surface area (Å²) in [5, 5.41) is 4.20. The molecule has 148 valence electrons. The minimum Gasteiger partial charge on any atom is -0.478 e. The van der Waals surface area contributed by atoms with E-state index in [1.165, 1.54) is 18.5 Å². The first-order valence-corrected chi connectivity index (χ1v) is 8.63. The van der Waals surface area contributed by atoms with Crippen molar-refractivity contribution in [2.24, 2.45) is 0 Å². The number of halogens is 2. The van der Waals surface area contributed by atoms with Gasteiger partial charge in [0.25, 0.3) is 0 Å². The smallest absolute Gasteiger partial charge is 0.387 e. The van der Waals surface area contributed by atoms with E-state index in [0.29, 0.717) is 42.6 Å².